The first-order chi connectivity index (χ1) is 11.2. The maximum atomic E-state index is 9.27. The van der Waals surface area contributed by atoms with Crippen LogP contribution in [-0.2, 0) is 0 Å². The lowest BCUT2D eigenvalue weighted by molar-refractivity contribution is 0.796. The summed E-state index contributed by atoms with van der Waals surface area (Å²) in [5.74, 6) is 0. The zero-order valence-electron chi connectivity index (χ0n) is 13.1. The molecule has 3 aromatic rings. The van der Waals surface area contributed by atoms with Crippen LogP contribution in [0.4, 0.5) is 0 Å². The van der Waals surface area contributed by atoms with Crippen LogP contribution < -0.4 is 0 Å². The number of aromatic nitrogens is 3. The summed E-state index contributed by atoms with van der Waals surface area (Å²) < 4.78 is 1.70. The Morgan fingerprint density at radius 1 is 1.00 bits per heavy atom. The lowest BCUT2D eigenvalue weighted by atomic mass is 10.1. The third-order valence-electron chi connectivity index (χ3n) is 3.78. The Bertz CT molecular complexity index is 899. The Balaban J connectivity index is 2.06. The number of rotatable bonds is 3. The molecule has 1 aromatic heterocycles. The predicted octanol–water partition coefficient (Wildman–Crippen LogP) is 3.93. The first-order valence-corrected chi connectivity index (χ1v) is 7.35. The number of hydrogen-bond acceptors (Lipinski definition) is 3. The number of hydrogen-bond donors (Lipinski definition) is 0. The standard InChI is InChI=1S/C19H16N4/c1-14-8-10-17(12-15(14)2)23-19(18(13-20)21-22-23)11-9-16-6-4-3-5-7-16/h3-12H,1-2H3/b11-9+. The highest BCUT2D eigenvalue weighted by atomic mass is 15.4. The molecule has 0 saturated heterocycles. The molecule has 0 spiro atoms. The van der Waals surface area contributed by atoms with Gasteiger partial charge in [0.2, 0.25) is 0 Å². The van der Waals surface area contributed by atoms with E-state index in [1.807, 2.05) is 60.7 Å². The number of nitriles is 1. The fourth-order valence-corrected chi connectivity index (χ4v) is 2.31. The summed E-state index contributed by atoms with van der Waals surface area (Å²) in [6.45, 7) is 4.12. The fourth-order valence-electron chi connectivity index (χ4n) is 2.31. The van der Waals surface area contributed by atoms with Crippen LogP contribution in [0.2, 0.25) is 0 Å². The van der Waals surface area contributed by atoms with E-state index in [9.17, 15) is 5.26 Å². The number of benzene rings is 2. The van der Waals surface area contributed by atoms with Crippen LogP contribution in [0.1, 0.15) is 28.1 Å². The van der Waals surface area contributed by atoms with Crippen LogP contribution in [0.25, 0.3) is 17.8 Å². The quantitative estimate of drug-likeness (QED) is 0.736. The maximum absolute atomic E-state index is 9.27. The van der Waals surface area contributed by atoms with E-state index in [4.69, 9.17) is 0 Å². The normalized spacial score (nSPS) is 10.8. The summed E-state index contributed by atoms with van der Waals surface area (Å²) in [5.41, 5.74) is 5.35. The molecular weight excluding hydrogens is 284 g/mol. The van der Waals surface area contributed by atoms with Crippen LogP contribution in [0.15, 0.2) is 48.5 Å². The van der Waals surface area contributed by atoms with Crippen molar-refractivity contribution in [3.8, 4) is 11.8 Å². The van der Waals surface area contributed by atoms with E-state index in [0.29, 0.717) is 11.4 Å². The molecule has 2 aromatic carbocycles. The molecule has 0 saturated carbocycles. The Morgan fingerprint density at radius 2 is 1.78 bits per heavy atom. The van der Waals surface area contributed by atoms with Crippen molar-refractivity contribution in [2.24, 2.45) is 0 Å². The molecule has 1 heterocycles. The Morgan fingerprint density at radius 3 is 2.48 bits per heavy atom. The van der Waals surface area contributed by atoms with Gasteiger partial charge in [-0.2, -0.15) is 5.26 Å². The minimum atomic E-state index is 0.315. The molecule has 0 aliphatic heterocycles. The molecule has 0 aliphatic rings. The van der Waals surface area contributed by atoms with Gasteiger partial charge in [-0.05, 0) is 48.7 Å². The van der Waals surface area contributed by atoms with E-state index < -0.39 is 0 Å². The van der Waals surface area contributed by atoms with Gasteiger partial charge in [-0.3, -0.25) is 0 Å². The van der Waals surface area contributed by atoms with Gasteiger partial charge in [-0.15, -0.1) is 5.10 Å². The smallest absolute Gasteiger partial charge is 0.190 e. The molecule has 3 rings (SSSR count). The monoisotopic (exact) mass is 300 g/mol. The third-order valence-corrected chi connectivity index (χ3v) is 3.78. The first kappa shape index (κ1) is 14.7. The van der Waals surface area contributed by atoms with Crippen LogP contribution in [0.3, 0.4) is 0 Å². The topological polar surface area (TPSA) is 54.5 Å². The molecule has 0 amide bonds. The Labute approximate surface area is 135 Å². The summed E-state index contributed by atoms with van der Waals surface area (Å²) in [5, 5.41) is 17.4. The van der Waals surface area contributed by atoms with Gasteiger partial charge in [-0.1, -0.05) is 47.7 Å². The molecule has 23 heavy (non-hydrogen) atoms. The molecule has 0 fully saturated rings. The van der Waals surface area contributed by atoms with Crippen molar-refractivity contribution in [2.45, 2.75) is 13.8 Å². The van der Waals surface area contributed by atoms with Gasteiger partial charge < -0.3 is 0 Å². The lowest BCUT2D eigenvalue weighted by Crippen LogP contribution is -2.00. The SMILES string of the molecule is Cc1ccc(-n2nnc(C#N)c2/C=C/c2ccccc2)cc1C. The number of aryl methyl sites for hydroxylation is 2. The summed E-state index contributed by atoms with van der Waals surface area (Å²) in [7, 11) is 0. The van der Waals surface area contributed by atoms with Crippen molar-refractivity contribution in [2.75, 3.05) is 0 Å². The minimum Gasteiger partial charge on any atom is -0.212 e. The fraction of sp³-hybridized carbons (Fsp3) is 0.105. The molecule has 0 radical (unpaired) electrons. The first-order valence-electron chi connectivity index (χ1n) is 7.35. The lowest BCUT2D eigenvalue weighted by Gasteiger charge is -2.06. The Hall–Kier alpha value is -3.19. The van der Waals surface area contributed by atoms with Gasteiger partial charge in [0, 0.05) is 0 Å². The molecule has 4 heteroatoms. The van der Waals surface area contributed by atoms with Crippen LogP contribution in [0.5, 0.6) is 0 Å². The van der Waals surface area contributed by atoms with Gasteiger partial charge in [0.25, 0.3) is 0 Å². The van der Waals surface area contributed by atoms with Crippen molar-refractivity contribution in [1.82, 2.24) is 15.0 Å². The van der Waals surface area contributed by atoms with Gasteiger partial charge in [0.15, 0.2) is 5.69 Å². The van der Waals surface area contributed by atoms with Gasteiger partial charge in [-0.25, -0.2) is 4.68 Å². The second-order valence-corrected chi connectivity index (χ2v) is 5.36. The van der Waals surface area contributed by atoms with E-state index in [-0.39, 0.29) is 0 Å². The van der Waals surface area contributed by atoms with Gasteiger partial charge in [0.1, 0.15) is 11.8 Å². The Kier molecular flexibility index (Phi) is 4.03. The van der Waals surface area contributed by atoms with Crippen molar-refractivity contribution in [1.29, 1.82) is 5.26 Å². The number of nitrogens with zero attached hydrogens (tertiary/aromatic N) is 4. The summed E-state index contributed by atoms with van der Waals surface area (Å²) >= 11 is 0. The van der Waals surface area contributed by atoms with E-state index in [0.717, 1.165) is 11.3 Å². The van der Waals surface area contributed by atoms with Crippen molar-refractivity contribution in [3.05, 3.63) is 76.6 Å². The zero-order valence-corrected chi connectivity index (χ0v) is 13.1. The van der Waals surface area contributed by atoms with Crippen LogP contribution in [-0.4, -0.2) is 15.0 Å². The predicted molar refractivity (Wildman–Crippen MR) is 90.9 cm³/mol. The molecule has 0 N–H and O–H groups in total. The van der Waals surface area contributed by atoms with Gasteiger partial charge in [0.05, 0.1) is 5.69 Å². The molecular formula is C19H16N4. The van der Waals surface area contributed by atoms with E-state index >= 15 is 0 Å². The van der Waals surface area contributed by atoms with Crippen molar-refractivity contribution in [3.63, 3.8) is 0 Å². The van der Waals surface area contributed by atoms with Crippen LogP contribution >= 0.6 is 0 Å². The highest BCUT2D eigenvalue weighted by Gasteiger charge is 2.12. The average molecular weight is 300 g/mol. The molecule has 112 valence electrons. The molecule has 4 nitrogen and oxygen atoms in total. The molecule has 0 atom stereocenters. The maximum Gasteiger partial charge on any atom is 0.190 e. The molecule has 0 bridgehead atoms. The molecule has 0 unspecified atom stereocenters. The average Bonchev–Trinajstić information content (AvgIpc) is 2.99. The largest absolute Gasteiger partial charge is 0.212 e. The van der Waals surface area contributed by atoms with Crippen molar-refractivity contribution < 1.29 is 0 Å². The minimum absolute atomic E-state index is 0.315. The zero-order chi connectivity index (χ0) is 16.2. The summed E-state index contributed by atoms with van der Waals surface area (Å²) in [6, 6.07) is 18.1. The van der Waals surface area contributed by atoms with E-state index in [1.54, 1.807) is 4.68 Å². The van der Waals surface area contributed by atoms with E-state index in [2.05, 4.69) is 30.2 Å². The van der Waals surface area contributed by atoms with Crippen LogP contribution in [0, 0.1) is 25.2 Å². The van der Waals surface area contributed by atoms with Crippen molar-refractivity contribution >= 4 is 12.2 Å². The highest BCUT2D eigenvalue weighted by Crippen LogP contribution is 2.18. The third kappa shape index (κ3) is 3.04. The summed E-state index contributed by atoms with van der Waals surface area (Å²) in [6.07, 6.45) is 3.83. The summed E-state index contributed by atoms with van der Waals surface area (Å²) in [4.78, 5) is 0. The van der Waals surface area contributed by atoms with E-state index in [1.165, 1.54) is 11.1 Å². The molecule has 0 aliphatic carbocycles. The highest BCUT2D eigenvalue weighted by molar-refractivity contribution is 5.70. The second-order valence-electron chi connectivity index (χ2n) is 5.36. The second kappa shape index (κ2) is 6.29. The van der Waals surface area contributed by atoms with Gasteiger partial charge >= 0.3 is 0 Å².